The van der Waals surface area contributed by atoms with Crippen LogP contribution in [-0.4, -0.2) is 22.9 Å². The highest BCUT2D eigenvalue weighted by Crippen LogP contribution is 2.17. The lowest BCUT2D eigenvalue weighted by Gasteiger charge is -2.05. The molecule has 7 nitrogen and oxygen atoms in total. The van der Waals surface area contributed by atoms with Gasteiger partial charge in [0.25, 0.3) is 11.6 Å². The standard InChI is InChI=1S/C13H12N4O3/c1-14-12-6-5-9(8-15-12)13(18)16-10-3-2-4-11(7-10)17(19)20/h2-8H,1H3,(H,14,15)(H,16,18). The number of amides is 1. The van der Waals surface area contributed by atoms with E-state index in [9.17, 15) is 14.9 Å². The van der Waals surface area contributed by atoms with Crippen LogP contribution in [0.5, 0.6) is 0 Å². The Labute approximate surface area is 114 Å². The molecule has 102 valence electrons. The molecule has 0 saturated carbocycles. The Hall–Kier alpha value is -2.96. The van der Waals surface area contributed by atoms with Crippen LogP contribution in [0.15, 0.2) is 42.6 Å². The number of nitrogens with zero attached hydrogens (tertiary/aromatic N) is 2. The molecule has 1 aromatic carbocycles. The fraction of sp³-hybridized carbons (Fsp3) is 0.0769. The van der Waals surface area contributed by atoms with Crippen LogP contribution in [-0.2, 0) is 0 Å². The van der Waals surface area contributed by atoms with Crippen LogP contribution >= 0.6 is 0 Å². The average Bonchev–Trinajstić information content (AvgIpc) is 2.47. The first-order valence-corrected chi connectivity index (χ1v) is 5.80. The quantitative estimate of drug-likeness (QED) is 0.657. The molecule has 0 bridgehead atoms. The third-order valence-electron chi connectivity index (χ3n) is 2.60. The predicted molar refractivity (Wildman–Crippen MR) is 74.8 cm³/mol. The third kappa shape index (κ3) is 3.08. The van der Waals surface area contributed by atoms with Gasteiger partial charge in [0.1, 0.15) is 5.82 Å². The van der Waals surface area contributed by atoms with E-state index in [1.807, 2.05) is 0 Å². The molecule has 0 atom stereocenters. The Balaban J connectivity index is 2.14. The Morgan fingerprint density at radius 2 is 2.10 bits per heavy atom. The molecule has 1 heterocycles. The maximum absolute atomic E-state index is 12.0. The number of carbonyl (C=O) groups is 1. The van der Waals surface area contributed by atoms with E-state index < -0.39 is 4.92 Å². The molecule has 2 aromatic rings. The molecule has 2 rings (SSSR count). The molecular formula is C13H12N4O3. The summed E-state index contributed by atoms with van der Waals surface area (Å²) in [6.07, 6.45) is 1.43. The lowest BCUT2D eigenvalue weighted by atomic mass is 10.2. The maximum atomic E-state index is 12.0. The van der Waals surface area contributed by atoms with Gasteiger partial charge in [-0.2, -0.15) is 0 Å². The Morgan fingerprint density at radius 3 is 2.70 bits per heavy atom. The summed E-state index contributed by atoms with van der Waals surface area (Å²) in [6, 6.07) is 9.04. The fourth-order valence-corrected chi connectivity index (χ4v) is 1.58. The van der Waals surface area contributed by atoms with Crippen molar-refractivity contribution in [2.24, 2.45) is 0 Å². The van der Waals surface area contributed by atoms with E-state index in [1.165, 1.54) is 24.4 Å². The normalized spacial score (nSPS) is 9.85. The minimum Gasteiger partial charge on any atom is -0.373 e. The highest BCUT2D eigenvalue weighted by molar-refractivity contribution is 6.04. The lowest BCUT2D eigenvalue weighted by molar-refractivity contribution is -0.384. The Kier molecular flexibility index (Phi) is 3.90. The summed E-state index contributed by atoms with van der Waals surface area (Å²) in [7, 11) is 1.73. The van der Waals surface area contributed by atoms with E-state index in [2.05, 4.69) is 15.6 Å². The van der Waals surface area contributed by atoms with Crippen molar-refractivity contribution < 1.29 is 9.72 Å². The van der Waals surface area contributed by atoms with Crippen LogP contribution < -0.4 is 10.6 Å². The van der Waals surface area contributed by atoms with Gasteiger partial charge in [-0.25, -0.2) is 4.98 Å². The zero-order valence-corrected chi connectivity index (χ0v) is 10.7. The number of non-ortho nitro benzene ring substituents is 1. The number of benzene rings is 1. The molecule has 0 saturated heterocycles. The molecule has 7 heteroatoms. The van der Waals surface area contributed by atoms with Crippen LogP contribution in [0.2, 0.25) is 0 Å². The van der Waals surface area contributed by atoms with Gasteiger partial charge in [-0.3, -0.25) is 14.9 Å². The lowest BCUT2D eigenvalue weighted by Crippen LogP contribution is -2.12. The highest BCUT2D eigenvalue weighted by Gasteiger charge is 2.10. The second-order valence-corrected chi connectivity index (χ2v) is 3.94. The van der Waals surface area contributed by atoms with Gasteiger partial charge in [0.2, 0.25) is 0 Å². The molecule has 0 aliphatic carbocycles. The predicted octanol–water partition coefficient (Wildman–Crippen LogP) is 2.28. The number of nitro groups is 1. The second-order valence-electron chi connectivity index (χ2n) is 3.94. The second kappa shape index (κ2) is 5.79. The number of carbonyl (C=O) groups excluding carboxylic acids is 1. The molecular weight excluding hydrogens is 260 g/mol. The van der Waals surface area contributed by atoms with Crippen molar-refractivity contribution in [3.63, 3.8) is 0 Å². The van der Waals surface area contributed by atoms with Crippen LogP contribution in [0.4, 0.5) is 17.2 Å². The third-order valence-corrected chi connectivity index (χ3v) is 2.60. The molecule has 20 heavy (non-hydrogen) atoms. The van der Waals surface area contributed by atoms with Crippen molar-refractivity contribution in [3.05, 3.63) is 58.3 Å². The monoisotopic (exact) mass is 272 g/mol. The van der Waals surface area contributed by atoms with Crippen LogP contribution in [0.1, 0.15) is 10.4 Å². The number of nitrogens with one attached hydrogen (secondary N) is 2. The highest BCUT2D eigenvalue weighted by atomic mass is 16.6. The zero-order chi connectivity index (χ0) is 14.5. The zero-order valence-electron chi connectivity index (χ0n) is 10.7. The molecule has 0 aliphatic heterocycles. The molecule has 1 amide bonds. The summed E-state index contributed by atoms with van der Waals surface area (Å²) in [5.41, 5.74) is 0.656. The Bertz CT molecular complexity index is 640. The molecule has 0 unspecified atom stereocenters. The van der Waals surface area contributed by atoms with Crippen LogP contribution in [0, 0.1) is 10.1 Å². The van der Waals surface area contributed by atoms with Gasteiger partial charge in [-0.1, -0.05) is 6.07 Å². The first-order chi connectivity index (χ1) is 9.60. The molecule has 0 aliphatic rings. The SMILES string of the molecule is CNc1ccc(C(=O)Nc2cccc([N+](=O)[O-])c2)cn1. The van der Waals surface area contributed by atoms with Crippen molar-refractivity contribution in [1.82, 2.24) is 4.98 Å². The molecule has 0 spiro atoms. The van der Waals surface area contributed by atoms with E-state index in [0.717, 1.165) is 0 Å². The largest absolute Gasteiger partial charge is 0.373 e. The van der Waals surface area contributed by atoms with E-state index >= 15 is 0 Å². The van der Waals surface area contributed by atoms with E-state index in [4.69, 9.17) is 0 Å². The molecule has 0 fully saturated rings. The van der Waals surface area contributed by atoms with Crippen LogP contribution in [0.25, 0.3) is 0 Å². The van der Waals surface area contributed by atoms with E-state index in [1.54, 1.807) is 25.2 Å². The molecule has 2 N–H and O–H groups in total. The molecule has 1 aromatic heterocycles. The average molecular weight is 272 g/mol. The summed E-state index contributed by atoms with van der Waals surface area (Å²) < 4.78 is 0. The first kappa shape index (κ1) is 13.5. The van der Waals surface area contributed by atoms with Crippen molar-refractivity contribution >= 4 is 23.1 Å². The fourth-order valence-electron chi connectivity index (χ4n) is 1.58. The smallest absolute Gasteiger partial charge is 0.271 e. The maximum Gasteiger partial charge on any atom is 0.271 e. The Morgan fingerprint density at radius 1 is 1.30 bits per heavy atom. The summed E-state index contributed by atoms with van der Waals surface area (Å²) >= 11 is 0. The number of aromatic nitrogens is 1. The van der Waals surface area contributed by atoms with Gasteiger partial charge in [-0.15, -0.1) is 0 Å². The van der Waals surface area contributed by atoms with Gasteiger partial charge in [-0.05, 0) is 18.2 Å². The van der Waals surface area contributed by atoms with E-state index in [0.29, 0.717) is 17.1 Å². The van der Waals surface area contributed by atoms with Crippen molar-refractivity contribution in [1.29, 1.82) is 0 Å². The van der Waals surface area contributed by atoms with Gasteiger partial charge in [0, 0.05) is 31.1 Å². The molecule has 0 radical (unpaired) electrons. The summed E-state index contributed by atoms with van der Waals surface area (Å²) in [4.78, 5) is 26.1. The van der Waals surface area contributed by atoms with Gasteiger partial charge in [0.05, 0.1) is 10.5 Å². The van der Waals surface area contributed by atoms with Gasteiger partial charge >= 0.3 is 0 Å². The first-order valence-electron chi connectivity index (χ1n) is 5.80. The van der Waals surface area contributed by atoms with Crippen molar-refractivity contribution in [2.45, 2.75) is 0 Å². The number of hydrogen-bond donors (Lipinski definition) is 2. The minimum absolute atomic E-state index is 0.0774. The number of hydrogen-bond acceptors (Lipinski definition) is 5. The van der Waals surface area contributed by atoms with Crippen molar-refractivity contribution in [3.8, 4) is 0 Å². The minimum atomic E-state index is -0.515. The number of pyridine rings is 1. The number of anilines is 2. The summed E-state index contributed by atoms with van der Waals surface area (Å²) in [5.74, 6) is 0.276. The topological polar surface area (TPSA) is 97.2 Å². The van der Waals surface area contributed by atoms with Gasteiger partial charge < -0.3 is 10.6 Å². The van der Waals surface area contributed by atoms with Crippen molar-refractivity contribution in [2.75, 3.05) is 17.7 Å². The van der Waals surface area contributed by atoms with Gasteiger partial charge in [0.15, 0.2) is 0 Å². The summed E-state index contributed by atoms with van der Waals surface area (Å²) in [5, 5.41) is 16.1. The van der Waals surface area contributed by atoms with E-state index in [-0.39, 0.29) is 11.6 Å². The number of nitro benzene ring substituents is 1. The summed E-state index contributed by atoms with van der Waals surface area (Å²) in [6.45, 7) is 0. The van der Waals surface area contributed by atoms with Crippen LogP contribution in [0.3, 0.4) is 0 Å². The number of rotatable bonds is 4.